The largest absolute Gasteiger partial charge is 0.361 e. The van der Waals surface area contributed by atoms with Crippen LogP contribution in [-0.4, -0.2) is 47.1 Å². The zero-order chi connectivity index (χ0) is 33.4. The highest BCUT2D eigenvalue weighted by molar-refractivity contribution is 7.85. The van der Waals surface area contributed by atoms with Gasteiger partial charge in [-0.05, 0) is 77.0 Å². The molecule has 5 rings (SSSR count). The summed E-state index contributed by atoms with van der Waals surface area (Å²) in [5.41, 5.74) is 7.29. The van der Waals surface area contributed by atoms with Gasteiger partial charge in [0.1, 0.15) is 0 Å². The Kier molecular flexibility index (Phi) is 10.1. The molecule has 46 heavy (non-hydrogen) atoms. The van der Waals surface area contributed by atoms with Gasteiger partial charge in [-0.25, -0.2) is 0 Å². The second-order valence-corrected chi connectivity index (χ2v) is 16.6. The smallest absolute Gasteiger partial charge is 0.264 e. The number of rotatable bonds is 11. The Balaban J connectivity index is 1.45. The van der Waals surface area contributed by atoms with Gasteiger partial charge in [-0.3, -0.25) is 4.55 Å². The summed E-state index contributed by atoms with van der Waals surface area (Å²) >= 11 is 7.23. The second-order valence-electron chi connectivity index (χ2n) is 14.6. The highest BCUT2D eigenvalue weighted by Gasteiger charge is 2.46. The van der Waals surface area contributed by atoms with Crippen molar-refractivity contribution < 1.29 is 17.5 Å². The number of fused-ring (bicyclic) bond motifs is 2. The summed E-state index contributed by atoms with van der Waals surface area (Å²) in [6, 6.07) is 17.6. The van der Waals surface area contributed by atoms with E-state index in [4.69, 9.17) is 11.6 Å². The fraction of sp³-hybridized carbons (Fsp3) is 0.513. The molecule has 5 nitrogen and oxygen atoms in total. The van der Waals surface area contributed by atoms with Crippen molar-refractivity contribution in [1.29, 1.82) is 0 Å². The van der Waals surface area contributed by atoms with Crippen molar-refractivity contribution in [2.24, 2.45) is 5.92 Å². The molecular formula is C39H52ClN2O3S+. The maximum atomic E-state index is 11.6. The van der Waals surface area contributed by atoms with Gasteiger partial charge in [0, 0.05) is 52.2 Å². The van der Waals surface area contributed by atoms with Gasteiger partial charge >= 0.3 is 0 Å². The van der Waals surface area contributed by atoms with Gasteiger partial charge in [0.2, 0.25) is 5.69 Å². The molecule has 4 atom stereocenters. The van der Waals surface area contributed by atoms with Gasteiger partial charge < -0.3 is 4.90 Å². The number of nitrogens with zero attached hydrogens (tertiary/aromatic N) is 2. The summed E-state index contributed by atoms with van der Waals surface area (Å²) in [7, 11) is -4.04. The number of halogens is 1. The molecule has 3 aliphatic rings. The van der Waals surface area contributed by atoms with E-state index < -0.39 is 10.1 Å². The first-order valence-corrected chi connectivity index (χ1v) is 19.0. The Bertz CT molecular complexity index is 1680. The minimum atomic E-state index is -4.04. The molecule has 0 saturated carbocycles. The molecule has 2 aromatic rings. The predicted octanol–water partition coefficient (Wildman–Crippen LogP) is 9.49. The third kappa shape index (κ3) is 6.68. The van der Waals surface area contributed by atoms with Crippen LogP contribution >= 0.6 is 11.6 Å². The van der Waals surface area contributed by atoms with Crippen molar-refractivity contribution in [3.63, 3.8) is 0 Å². The van der Waals surface area contributed by atoms with Crippen LogP contribution in [0.25, 0.3) is 0 Å². The van der Waals surface area contributed by atoms with E-state index in [1.54, 1.807) is 0 Å². The minimum absolute atomic E-state index is 0.0219. The van der Waals surface area contributed by atoms with Crippen LogP contribution in [0.15, 0.2) is 83.4 Å². The van der Waals surface area contributed by atoms with Crippen LogP contribution in [0.2, 0.25) is 0 Å². The Labute approximate surface area is 282 Å². The molecule has 2 aliphatic heterocycles. The lowest BCUT2D eigenvalue weighted by molar-refractivity contribution is -0.478. The van der Waals surface area contributed by atoms with E-state index in [-0.39, 0.29) is 34.6 Å². The molecule has 0 amide bonds. The normalized spacial score (nSPS) is 23.8. The lowest BCUT2D eigenvalue weighted by Gasteiger charge is -2.37. The Morgan fingerprint density at radius 2 is 1.67 bits per heavy atom. The van der Waals surface area contributed by atoms with Crippen LogP contribution in [-0.2, 0) is 20.9 Å². The number of hydrogen-bond acceptors (Lipinski definition) is 3. The molecule has 0 aromatic heterocycles. The fourth-order valence-corrected chi connectivity index (χ4v) is 9.03. The molecule has 2 aromatic carbocycles. The monoisotopic (exact) mass is 663 g/mol. The quantitative estimate of drug-likeness (QED) is 0.148. The van der Waals surface area contributed by atoms with Crippen molar-refractivity contribution in [2.45, 2.75) is 116 Å². The molecule has 248 valence electrons. The van der Waals surface area contributed by atoms with E-state index in [2.05, 4.69) is 118 Å². The van der Waals surface area contributed by atoms with Crippen LogP contribution in [0.3, 0.4) is 0 Å². The average molecular weight is 664 g/mol. The molecular weight excluding hydrogens is 612 g/mol. The molecule has 0 radical (unpaired) electrons. The molecule has 0 fully saturated rings. The second kappa shape index (κ2) is 13.4. The Morgan fingerprint density at radius 1 is 1.00 bits per heavy atom. The molecule has 1 aliphatic carbocycles. The number of hydrogen-bond donors (Lipinski definition) is 1. The third-order valence-corrected chi connectivity index (χ3v) is 11.9. The maximum absolute atomic E-state index is 11.6. The van der Waals surface area contributed by atoms with Crippen LogP contribution in [0, 0.1) is 5.92 Å². The molecule has 0 spiro atoms. The van der Waals surface area contributed by atoms with E-state index in [1.165, 1.54) is 28.1 Å². The average Bonchev–Trinajstić information content (AvgIpc) is 3.37. The van der Waals surface area contributed by atoms with Gasteiger partial charge in [0.15, 0.2) is 11.8 Å². The van der Waals surface area contributed by atoms with Crippen molar-refractivity contribution in [3.8, 4) is 0 Å². The van der Waals surface area contributed by atoms with Crippen molar-refractivity contribution in [1.82, 2.24) is 0 Å². The summed E-state index contributed by atoms with van der Waals surface area (Å²) < 4.78 is 35.2. The van der Waals surface area contributed by atoms with Crippen LogP contribution < -0.4 is 4.90 Å². The van der Waals surface area contributed by atoms with Crippen molar-refractivity contribution in [2.75, 3.05) is 10.7 Å². The molecule has 4 unspecified atom stereocenters. The Hall–Kier alpha value is -2.67. The zero-order valence-electron chi connectivity index (χ0n) is 28.6. The summed E-state index contributed by atoms with van der Waals surface area (Å²) in [6.45, 7) is 15.8. The van der Waals surface area contributed by atoms with Gasteiger partial charge in [-0.15, -0.1) is 0 Å². The standard InChI is InChI=1S/C39H51ClN2O3S/c1-8-14-27(2)41-33-19-11-9-17-31(33)38(4,5)35(41)23-21-29-15-13-16-30(37(29)40)22-24-36-39(6,7)32-18-10-12-20-34(32)42(36)28(3)25-26-46(43,44)45/h9-12,17-24,27-28,30,36H,8,13-16,25-26H2,1-7H3/p+1/b23-21+,24-22+. The summed E-state index contributed by atoms with van der Waals surface area (Å²) in [5.74, 6) is -0.134. The summed E-state index contributed by atoms with van der Waals surface area (Å²) in [6.07, 6.45) is 14.8. The zero-order valence-corrected chi connectivity index (χ0v) is 30.2. The molecule has 2 heterocycles. The van der Waals surface area contributed by atoms with Crippen molar-refractivity contribution in [3.05, 3.63) is 94.6 Å². The van der Waals surface area contributed by atoms with E-state index in [0.717, 1.165) is 42.8 Å². The highest BCUT2D eigenvalue weighted by atomic mass is 35.5. The van der Waals surface area contributed by atoms with E-state index in [0.29, 0.717) is 12.5 Å². The molecule has 7 heteroatoms. The topological polar surface area (TPSA) is 60.6 Å². The lowest BCUT2D eigenvalue weighted by Crippen LogP contribution is -2.45. The van der Waals surface area contributed by atoms with E-state index in [9.17, 15) is 13.0 Å². The van der Waals surface area contributed by atoms with E-state index >= 15 is 0 Å². The van der Waals surface area contributed by atoms with Gasteiger partial charge in [0.25, 0.3) is 10.1 Å². The van der Waals surface area contributed by atoms with Crippen LogP contribution in [0.5, 0.6) is 0 Å². The third-order valence-electron chi connectivity index (χ3n) is 10.6. The molecule has 1 N–H and O–H groups in total. The first kappa shape index (κ1) is 34.7. The number of benzene rings is 2. The predicted molar refractivity (Wildman–Crippen MR) is 193 cm³/mol. The summed E-state index contributed by atoms with van der Waals surface area (Å²) in [4.78, 5) is 2.33. The SMILES string of the molecule is CCCC(C)[N+]1=C(/C=C/C2=C(Cl)C(/C=C/C3N(C(C)CCS(=O)(=O)O)c4ccccc4C3(C)C)CCC2)C(C)(C)c2ccccc21. The van der Waals surface area contributed by atoms with Gasteiger partial charge in [0.05, 0.1) is 17.2 Å². The summed E-state index contributed by atoms with van der Waals surface area (Å²) in [5, 5.41) is 0.917. The highest BCUT2D eigenvalue weighted by Crippen LogP contribution is 2.48. The maximum Gasteiger partial charge on any atom is 0.264 e. The first-order valence-electron chi connectivity index (χ1n) is 17.0. The van der Waals surface area contributed by atoms with Crippen LogP contribution in [0.1, 0.15) is 98.1 Å². The van der Waals surface area contributed by atoms with Gasteiger partial charge in [-0.1, -0.05) is 87.0 Å². The molecule has 0 bridgehead atoms. The Morgan fingerprint density at radius 3 is 2.37 bits per heavy atom. The van der Waals surface area contributed by atoms with Gasteiger partial charge in [-0.2, -0.15) is 13.0 Å². The first-order chi connectivity index (χ1) is 21.7. The number of anilines is 1. The lowest BCUT2D eigenvalue weighted by atomic mass is 9.79. The van der Waals surface area contributed by atoms with E-state index in [1.807, 2.05) is 13.0 Å². The number of allylic oxidation sites excluding steroid dienone is 5. The molecule has 0 saturated heterocycles. The number of para-hydroxylation sites is 2. The fourth-order valence-electron chi connectivity index (χ4n) is 8.05. The van der Waals surface area contributed by atoms with Crippen LogP contribution in [0.4, 0.5) is 11.4 Å². The minimum Gasteiger partial charge on any atom is -0.361 e. The van der Waals surface area contributed by atoms with Crippen molar-refractivity contribution >= 4 is 38.8 Å².